The number of nitrogens with zero attached hydrogens (tertiary/aromatic N) is 2. The van der Waals surface area contributed by atoms with Crippen molar-refractivity contribution >= 4 is 5.91 Å². The van der Waals surface area contributed by atoms with Gasteiger partial charge in [0, 0.05) is 24.4 Å². The van der Waals surface area contributed by atoms with Gasteiger partial charge < -0.3 is 15.6 Å². The Kier molecular flexibility index (Phi) is 5.04. The van der Waals surface area contributed by atoms with Crippen LogP contribution in [0.25, 0.3) is 0 Å². The van der Waals surface area contributed by atoms with Crippen molar-refractivity contribution in [1.29, 1.82) is 0 Å². The molecule has 0 bridgehead atoms. The highest BCUT2D eigenvalue weighted by molar-refractivity contribution is 5.84. The number of imidazole rings is 1. The average molecular weight is 292 g/mol. The maximum Gasteiger partial charge on any atom is 0.237 e. The molecule has 1 heterocycles. The van der Waals surface area contributed by atoms with E-state index in [1.165, 1.54) is 0 Å². The molecule has 0 saturated heterocycles. The third-order valence-corrected chi connectivity index (χ3v) is 4.52. The van der Waals surface area contributed by atoms with Crippen molar-refractivity contribution in [3.63, 3.8) is 0 Å². The molecule has 5 nitrogen and oxygen atoms in total. The second-order valence-corrected chi connectivity index (χ2v) is 6.47. The molecule has 118 valence electrons. The Labute approximate surface area is 127 Å². The summed E-state index contributed by atoms with van der Waals surface area (Å²) in [5.74, 6) is 1.26. The summed E-state index contributed by atoms with van der Waals surface area (Å²) >= 11 is 0. The number of hydrogen-bond donors (Lipinski definition) is 2. The molecule has 2 rings (SSSR count). The Balaban J connectivity index is 2.22. The highest BCUT2D eigenvalue weighted by Crippen LogP contribution is 2.36. The van der Waals surface area contributed by atoms with Crippen molar-refractivity contribution in [2.45, 2.75) is 70.4 Å². The summed E-state index contributed by atoms with van der Waals surface area (Å²) in [5, 5.41) is 3.42. The van der Waals surface area contributed by atoms with E-state index >= 15 is 0 Å². The molecule has 1 aromatic heterocycles. The van der Waals surface area contributed by atoms with E-state index < -0.39 is 5.54 Å². The van der Waals surface area contributed by atoms with Crippen LogP contribution in [0, 0.1) is 0 Å². The van der Waals surface area contributed by atoms with Crippen LogP contribution in [0.15, 0.2) is 12.4 Å². The number of carbonyl (C=O) groups is 1. The van der Waals surface area contributed by atoms with Gasteiger partial charge in [0.15, 0.2) is 0 Å². The Morgan fingerprint density at radius 1 is 1.62 bits per heavy atom. The van der Waals surface area contributed by atoms with Crippen molar-refractivity contribution in [3.8, 4) is 0 Å². The van der Waals surface area contributed by atoms with Crippen LogP contribution in [-0.4, -0.2) is 27.5 Å². The van der Waals surface area contributed by atoms with Crippen molar-refractivity contribution in [3.05, 3.63) is 18.2 Å². The number of hydrogen-bond acceptors (Lipinski definition) is 3. The van der Waals surface area contributed by atoms with E-state index in [1.54, 1.807) is 0 Å². The van der Waals surface area contributed by atoms with Gasteiger partial charge in [0.25, 0.3) is 0 Å². The molecule has 2 atom stereocenters. The van der Waals surface area contributed by atoms with E-state index in [4.69, 9.17) is 5.73 Å². The SMILES string of the molecule is CCCNC1(C(N)=O)CCCC(n2ccnc2C(C)C)C1. The fraction of sp³-hybridized carbons (Fsp3) is 0.750. The molecule has 1 aliphatic rings. The van der Waals surface area contributed by atoms with Gasteiger partial charge in [-0.1, -0.05) is 20.8 Å². The minimum Gasteiger partial charge on any atom is -0.368 e. The predicted molar refractivity (Wildman–Crippen MR) is 84.0 cm³/mol. The second kappa shape index (κ2) is 6.60. The topological polar surface area (TPSA) is 72.9 Å². The Morgan fingerprint density at radius 2 is 2.38 bits per heavy atom. The molecular formula is C16H28N4O. The molecule has 1 fully saturated rings. The summed E-state index contributed by atoms with van der Waals surface area (Å²) in [4.78, 5) is 16.5. The molecule has 3 N–H and O–H groups in total. The number of rotatable bonds is 6. The summed E-state index contributed by atoms with van der Waals surface area (Å²) in [6.07, 6.45) is 8.59. The summed E-state index contributed by atoms with van der Waals surface area (Å²) in [6.45, 7) is 7.24. The van der Waals surface area contributed by atoms with Crippen LogP contribution in [0.5, 0.6) is 0 Å². The third-order valence-electron chi connectivity index (χ3n) is 4.52. The first-order chi connectivity index (χ1) is 10.00. The van der Waals surface area contributed by atoms with Crippen LogP contribution in [0.3, 0.4) is 0 Å². The summed E-state index contributed by atoms with van der Waals surface area (Å²) in [6, 6.07) is 0.301. The zero-order valence-electron chi connectivity index (χ0n) is 13.4. The van der Waals surface area contributed by atoms with Crippen LogP contribution >= 0.6 is 0 Å². The molecule has 0 spiro atoms. The normalized spacial score (nSPS) is 26.2. The highest BCUT2D eigenvalue weighted by Gasteiger charge is 2.41. The Morgan fingerprint density at radius 3 is 3.00 bits per heavy atom. The zero-order valence-corrected chi connectivity index (χ0v) is 13.4. The highest BCUT2D eigenvalue weighted by atomic mass is 16.1. The summed E-state index contributed by atoms with van der Waals surface area (Å²) < 4.78 is 2.25. The van der Waals surface area contributed by atoms with Gasteiger partial charge in [0.1, 0.15) is 5.82 Å². The van der Waals surface area contributed by atoms with Crippen LogP contribution in [0.4, 0.5) is 0 Å². The van der Waals surface area contributed by atoms with Crippen LogP contribution in [0.2, 0.25) is 0 Å². The summed E-state index contributed by atoms with van der Waals surface area (Å²) in [7, 11) is 0. The van der Waals surface area contributed by atoms with Crippen molar-refractivity contribution in [1.82, 2.24) is 14.9 Å². The zero-order chi connectivity index (χ0) is 15.5. The molecule has 21 heavy (non-hydrogen) atoms. The molecule has 1 aromatic rings. The van der Waals surface area contributed by atoms with Gasteiger partial charge >= 0.3 is 0 Å². The smallest absolute Gasteiger partial charge is 0.237 e. The molecule has 1 saturated carbocycles. The largest absolute Gasteiger partial charge is 0.368 e. The van der Waals surface area contributed by atoms with E-state index in [2.05, 4.69) is 35.6 Å². The van der Waals surface area contributed by atoms with Crippen molar-refractivity contribution in [2.24, 2.45) is 5.73 Å². The first kappa shape index (κ1) is 16.0. The fourth-order valence-corrected chi connectivity index (χ4v) is 3.40. The molecule has 2 unspecified atom stereocenters. The quantitative estimate of drug-likeness (QED) is 0.845. The van der Waals surface area contributed by atoms with Crippen molar-refractivity contribution < 1.29 is 4.79 Å². The van der Waals surface area contributed by atoms with Gasteiger partial charge in [-0.05, 0) is 38.6 Å². The molecule has 1 aliphatic carbocycles. The average Bonchev–Trinajstić information content (AvgIpc) is 2.95. The van der Waals surface area contributed by atoms with E-state index in [-0.39, 0.29) is 5.91 Å². The molecule has 0 aromatic carbocycles. The van der Waals surface area contributed by atoms with E-state index in [0.29, 0.717) is 12.0 Å². The van der Waals surface area contributed by atoms with Gasteiger partial charge in [0.2, 0.25) is 5.91 Å². The monoisotopic (exact) mass is 292 g/mol. The molecule has 5 heteroatoms. The lowest BCUT2D eigenvalue weighted by molar-refractivity contribution is -0.126. The number of aromatic nitrogens is 2. The lowest BCUT2D eigenvalue weighted by Crippen LogP contribution is -2.58. The number of nitrogens with one attached hydrogen (secondary N) is 1. The van der Waals surface area contributed by atoms with Gasteiger partial charge in [-0.15, -0.1) is 0 Å². The van der Waals surface area contributed by atoms with Gasteiger partial charge in [-0.3, -0.25) is 4.79 Å². The maximum absolute atomic E-state index is 12.1. The fourth-order valence-electron chi connectivity index (χ4n) is 3.40. The number of primary amides is 1. The lowest BCUT2D eigenvalue weighted by atomic mass is 9.78. The lowest BCUT2D eigenvalue weighted by Gasteiger charge is -2.40. The standard InChI is InChI=1S/C16H28N4O/c1-4-8-19-16(15(17)21)7-5-6-13(11-16)20-10-9-18-14(20)12(2)3/h9-10,12-13,19H,4-8,11H2,1-3H3,(H2,17,21). The van der Waals surface area contributed by atoms with E-state index in [9.17, 15) is 4.79 Å². The van der Waals surface area contributed by atoms with Crippen LogP contribution < -0.4 is 11.1 Å². The van der Waals surface area contributed by atoms with Crippen LogP contribution in [0.1, 0.15) is 70.7 Å². The third kappa shape index (κ3) is 3.28. The number of amides is 1. The van der Waals surface area contributed by atoms with E-state index in [0.717, 1.165) is 44.5 Å². The second-order valence-electron chi connectivity index (χ2n) is 6.47. The number of nitrogens with two attached hydrogens (primary N) is 1. The minimum absolute atomic E-state index is 0.216. The first-order valence-electron chi connectivity index (χ1n) is 8.08. The van der Waals surface area contributed by atoms with Crippen LogP contribution in [-0.2, 0) is 4.79 Å². The maximum atomic E-state index is 12.1. The Hall–Kier alpha value is -1.36. The first-order valence-corrected chi connectivity index (χ1v) is 8.08. The minimum atomic E-state index is -0.558. The van der Waals surface area contributed by atoms with Gasteiger partial charge in [-0.2, -0.15) is 0 Å². The molecule has 0 aliphatic heterocycles. The van der Waals surface area contributed by atoms with Gasteiger partial charge in [-0.25, -0.2) is 4.98 Å². The van der Waals surface area contributed by atoms with E-state index in [1.807, 2.05) is 12.4 Å². The molecule has 1 amide bonds. The number of carbonyl (C=O) groups excluding carboxylic acids is 1. The van der Waals surface area contributed by atoms with Crippen molar-refractivity contribution in [2.75, 3.05) is 6.54 Å². The Bertz CT molecular complexity index is 482. The predicted octanol–water partition coefficient (Wildman–Crippen LogP) is 2.35. The summed E-state index contributed by atoms with van der Waals surface area (Å²) in [5.41, 5.74) is 5.17. The molecule has 0 radical (unpaired) electrons. The van der Waals surface area contributed by atoms with Gasteiger partial charge in [0.05, 0.1) is 5.54 Å². The molecular weight excluding hydrogens is 264 g/mol.